The van der Waals surface area contributed by atoms with Crippen molar-refractivity contribution in [3.05, 3.63) is 35.3 Å². The molecule has 0 radical (unpaired) electrons. The first-order valence-electron chi connectivity index (χ1n) is 6.30. The summed E-state index contributed by atoms with van der Waals surface area (Å²) >= 11 is 0. The van der Waals surface area contributed by atoms with Gasteiger partial charge in [0.15, 0.2) is 11.6 Å². The zero-order chi connectivity index (χ0) is 13.0. The molecular weight excluding hydrogens is 226 g/mol. The van der Waals surface area contributed by atoms with E-state index in [2.05, 4.69) is 22.2 Å². The summed E-state index contributed by atoms with van der Waals surface area (Å²) in [4.78, 5) is 9.04. The van der Waals surface area contributed by atoms with Crippen molar-refractivity contribution in [2.45, 2.75) is 33.2 Å². The van der Waals surface area contributed by atoms with Crippen molar-refractivity contribution < 1.29 is 4.42 Å². The molecule has 2 heterocycles. The Balaban J connectivity index is 2.39. The fourth-order valence-electron chi connectivity index (χ4n) is 1.94. The standard InChI is InChI=1S/C14H19N3O/c1-4-5-12-11(8-15-3)9-16-14(17-12)13-10(2)6-7-18-13/h6-7,9,15H,4-5,8H2,1-3H3. The fraction of sp³-hybridized carbons (Fsp3) is 0.429. The molecule has 0 aliphatic carbocycles. The van der Waals surface area contributed by atoms with Crippen LogP contribution in [0.1, 0.15) is 30.2 Å². The Hall–Kier alpha value is -1.68. The number of rotatable bonds is 5. The van der Waals surface area contributed by atoms with Gasteiger partial charge in [-0.2, -0.15) is 0 Å². The lowest BCUT2D eigenvalue weighted by Gasteiger charge is -2.08. The lowest BCUT2D eigenvalue weighted by atomic mass is 10.1. The zero-order valence-electron chi connectivity index (χ0n) is 11.2. The Bertz CT molecular complexity index is 520. The molecule has 0 aliphatic rings. The molecule has 0 unspecified atom stereocenters. The van der Waals surface area contributed by atoms with Gasteiger partial charge in [-0.15, -0.1) is 0 Å². The van der Waals surface area contributed by atoms with Crippen molar-refractivity contribution in [1.29, 1.82) is 0 Å². The largest absolute Gasteiger partial charge is 0.461 e. The molecule has 0 spiro atoms. The molecule has 1 N–H and O–H groups in total. The summed E-state index contributed by atoms with van der Waals surface area (Å²) in [6.07, 6.45) is 5.61. The average molecular weight is 245 g/mol. The van der Waals surface area contributed by atoms with E-state index in [1.165, 1.54) is 0 Å². The van der Waals surface area contributed by atoms with Crippen LogP contribution in [0.3, 0.4) is 0 Å². The highest BCUT2D eigenvalue weighted by Gasteiger charge is 2.12. The molecule has 0 amide bonds. The van der Waals surface area contributed by atoms with Crippen molar-refractivity contribution in [1.82, 2.24) is 15.3 Å². The maximum absolute atomic E-state index is 5.44. The third kappa shape index (κ3) is 2.59. The minimum absolute atomic E-state index is 0.681. The van der Waals surface area contributed by atoms with Crippen LogP contribution in [-0.2, 0) is 13.0 Å². The van der Waals surface area contributed by atoms with Gasteiger partial charge < -0.3 is 9.73 Å². The van der Waals surface area contributed by atoms with Crippen LogP contribution in [0.2, 0.25) is 0 Å². The van der Waals surface area contributed by atoms with E-state index >= 15 is 0 Å². The predicted octanol–water partition coefficient (Wildman–Crippen LogP) is 2.72. The van der Waals surface area contributed by atoms with E-state index < -0.39 is 0 Å². The van der Waals surface area contributed by atoms with Gasteiger partial charge in [0.2, 0.25) is 0 Å². The van der Waals surface area contributed by atoms with Gasteiger partial charge in [-0.3, -0.25) is 0 Å². The number of aromatic nitrogens is 2. The van der Waals surface area contributed by atoms with Crippen LogP contribution in [0.5, 0.6) is 0 Å². The minimum atomic E-state index is 0.681. The van der Waals surface area contributed by atoms with Gasteiger partial charge in [-0.25, -0.2) is 9.97 Å². The summed E-state index contributed by atoms with van der Waals surface area (Å²) in [6, 6.07) is 1.93. The molecule has 2 aromatic rings. The highest BCUT2D eigenvalue weighted by molar-refractivity contribution is 5.52. The fourth-order valence-corrected chi connectivity index (χ4v) is 1.94. The molecule has 2 aromatic heterocycles. The molecule has 0 aromatic carbocycles. The molecular formula is C14H19N3O. The van der Waals surface area contributed by atoms with Crippen molar-refractivity contribution in [3.63, 3.8) is 0 Å². The maximum Gasteiger partial charge on any atom is 0.196 e. The molecule has 2 rings (SSSR count). The lowest BCUT2D eigenvalue weighted by Crippen LogP contribution is -2.10. The van der Waals surface area contributed by atoms with Crippen LogP contribution in [-0.4, -0.2) is 17.0 Å². The maximum atomic E-state index is 5.44. The van der Waals surface area contributed by atoms with E-state index in [1.54, 1.807) is 6.26 Å². The Labute approximate surface area is 107 Å². The van der Waals surface area contributed by atoms with Gasteiger partial charge >= 0.3 is 0 Å². The summed E-state index contributed by atoms with van der Waals surface area (Å²) in [5.41, 5.74) is 3.33. The second-order valence-corrected chi connectivity index (χ2v) is 4.38. The van der Waals surface area contributed by atoms with E-state index in [1.807, 2.05) is 26.2 Å². The van der Waals surface area contributed by atoms with Gasteiger partial charge in [0, 0.05) is 24.0 Å². The highest BCUT2D eigenvalue weighted by atomic mass is 16.3. The van der Waals surface area contributed by atoms with Crippen molar-refractivity contribution in [3.8, 4) is 11.6 Å². The minimum Gasteiger partial charge on any atom is -0.461 e. The first kappa shape index (κ1) is 12.8. The van der Waals surface area contributed by atoms with Crippen molar-refractivity contribution in [2.24, 2.45) is 0 Å². The van der Waals surface area contributed by atoms with Crippen molar-refractivity contribution in [2.75, 3.05) is 7.05 Å². The van der Waals surface area contributed by atoms with Gasteiger partial charge in [-0.05, 0) is 32.0 Å². The number of nitrogens with one attached hydrogen (secondary N) is 1. The lowest BCUT2D eigenvalue weighted by molar-refractivity contribution is 0.574. The summed E-state index contributed by atoms with van der Waals surface area (Å²) in [5, 5.41) is 3.14. The van der Waals surface area contributed by atoms with Crippen LogP contribution in [0.15, 0.2) is 22.9 Å². The van der Waals surface area contributed by atoms with Crippen LogP contribution >= 0.6 is 0 Å². The quantitative estimate of drug-likeness (QED) is 0.880. The topological polar surface area (TPSA) is 51.0 Å². The predicted molar refractivity (Wildman–Crippen MR) is 71.2 cm³/mol. The Morgan fingerprint density at radius 1 is 1.39 bits per heavy atom. The number of aryl methyl sites for hydroxylation is 2. The molecule has 0 saturated heterocycles. The summed E-state index contributed by atoms with van der Waals surface area (Å²) in [6.45, 7) is 4.96. The first-order valence-corrected chi connectivity index (χ1v) is 6.30. The smallest absolute Gasteiger partial charge is 0.196 e. The van der Waals surface area contributed by atoms with Gasteiger partial charge in [0.25, 0.3) is 0 Å². The number of hydrogen-bond acceptors (Lipinski definition) is 4. The molecule has 18 heavy (non-hydrogen) atoms. The van der Waals surface area contributed by atoms with E-state index in [0.717, 1.165) is 42.0 Å². The van der Waals surface area contributed by atoms with Crippen molar-refractivity contribution >= 4 is 0 Å². The Morgan fingerprint density at radius 3 is 2.83 bits per heavy atom. The molecule has 0 atom stereocenters. The van der Waals surface area contributed by atoms with E-state index in [0.29, 0.717) is 5.82 Å². The summed E-state index contributed by atoms with van der Waals surface area (Å²) in [5.74, 6) is 1.45. The Kier molecular flexibility index (Phi) is 4.10. The van der Waals surface area contributed by atoms with Crippen LogP contribution in [0, 0.1) is 6.92 Å². The molecule has 4 nitrogen and oxygen atoms in total. The van der Waals surface area contributed by atoms with Gasteiger partial charge in [0.05, 0.1) is 6.26 Å². The first-order chi connectivity index (χ1) is 8.76. The van der Waals surface area contributed by atoms with Gasteiger partial charge in [-0.1, -0.05) is 13.3 Å². The third-order valence-electron chi connectivity index (χ3n) is 2.87. The number of furan rings is 1. The second-order valence-electron chi connectivity index (χ2n) is 4.38. The molecule has 0 saturated carbocycles. The number of nitrogens with zero attached hydrogens (tertiary/aromatic N) is 2. The molecule has 96 valence electrons. The molecule has 4 heteroatoms. The van der Waals surface area contributed by atoms with Gasteiger partial charge in [0.1, 0.15) is 0 Å². The van der Waals surface area contributed by atoms with E-state index in [9.17, 15) is 0 Å². The SMILES string of the molecule is CCCc1nc(-c2occc2C)ncc1CNC. The monoisotopic (exact) mass is 245 g/mol. The van der Waals surface area contributed by atoms with Crippen LogP contribution < -0.4 is 5.32 Å². The molecule has 0 bridgehead atoms. The third-order valence-corrected chi connectivity index (χ3v) is 2.87. The Morgan fingerprint density at radius 2 is 2.22 bits per heavy atom. The average Bonchev–Trinajstić information content (AvgIpc) is 2.78. The van der Waals surface area contributed by atoms with Crippen LogP contribution in [0.25, 0.3) is 11.6 Å². The van der Waals surface area contributed by atoms with Crippen LogP contribution in [0.4, 0.5) is 0 Å². The van der Waals surface area contributed by atoms with E-state index in [4.69, 9.17) is 4.42 Å². The summed E-state index contributed by atoms with van der Waals surface area (Å²) < 4.78 is 5.44. The zero-order valence-corrected chi connectivity index (χ0v) is 11.2. The second kappa shape index (κ2) is 5.78. The highest BCUT2D eigenvalue weighted by Crippen LogP contribution is 2.21. The number of hydrogen-bond donors (Lipinski definition) is 1. The molecule has 0 fully saturated rings. The molecule has 0 aliphatic heterocycles. The summed E-state index contributed by atoms with van der Waals surface area (Å²) in [7, 11) is 1.93. The normalized spacial score (nSPS) is 10.8. The van der Waals surface area contributed by atoms with E-state index in [-0.39, 0.29) is 0 Å².